The SMILES string of the molecule is CC(C)c1cc(Oc2ccc3c4cc(C(C)(C)C)ccc4n(-c4cc(C(C)(C)C)ccn4)c3c2)cc(C2=N[C@](C)(c3ccccc3)C(C)(C)O2)c1. The van der Waals surface area contributed by atoms with Gasteiger partial charge < -0.3 is 9.47 Å². The van der Waals surface area contributed by atoms with E-state index in [-0.39, 0.29) is 16.7 Å². The lowest BCUT2D eigenvalue weighted by atomic mass is 9.79. The van der Waals surface area contributed by atoms with Crippen LogP contribution < -0.4 is 4.74 Å². The number of benzene rings is 4. The number of hydrogen-bond donors (Lipinski definition) is 0. The second-order valence-corrected chi connectivity index (χ2v) is 17.2. The zero-order valence-electron chi connectivity index (χ0n) is 32.1. The fourth-order valence-electron chi connectivity index (χ4n) is 7.06. The van der Waals surface area contributed by atoms with Gasteiger partial charge in [0.05, 0.1) is 11.0 Å². The summed E-state index contributed by atoms with van der Waals surface area (Å²) in [5.41, 5.74) is 6.85. The molecule has 4 aromatic carbocycles. The van der Waals surface area contributed by atoms with Crippen molar-refractivity contribution in [2.45, 2.75) is 104 Å². The first kappa shape index (κ1) is 34.5. The summed E-state index contributed by atoms with van der Waals surface area (Å²) in [4.78, 5) is 10.2. The summed E-state index contributed by atoms with van der Waals surface area (Å²) >= 11 is 0. The van der Waals surface area contributed by atoms with E-state index in [1.54, 1.807) is 0 Å². The molecular formula is C46H51N3O2. The molecule has 0 N–H and O–H groups in total. The van der Waals surface area contributed by atoms with Crippen molar-refractivity contribution in [3.8, 4) is 17.3 Å². The van der Waals surface area contributed by atoms with Gasteiger partial charge >= 0.3 is 0 Å². The summed E-state index contributed by atoms with van der Waals surface area (Å²) in [5, 5.41) is 2.37. The first-order valence-electron chi connectivity index (χ1n) is 18.2. The molecule has 5 heteroatoms. The van der Waals surface area contributed by atoms with E-state index in [1.807, 2.05) is 12.3 Å². The first-order chi connectivity index (χ1) is 23.9. The standard InChI is InChI=1S/C46H51N3O2/c1-29(2)30-23-31(42-48-46(11,45(9,10)51-42)32-15-13-12-14-16-32)25-36(24-30)50-35-18-19-37-38-26-33(43(3,4)5)17-20-39(38)49(40(37)28-35)41-27-34(21-22-47-41)44(6,7)8/h12-29H,1-11H3/t46-/m1/s1. The molecule has 51 heavy (non-hydrogen) atoms. The van der Waals surface area contributed by atoms with Crippen LogP contribution in [-0.4, -0.2) is 21.0 Å². The van der Waals surface area contributed by atoms with E-state index in [4.69, 9.17) is 19.5 Å². The molecule has 0 aliphatic carbocycles. The van der Waals surface area contributed by atoms with Crippen LogP contribution >= 0.6 is 0 Å². The minimum absolute atomic E-state index is 0.00958. The maximum absolute atomic E-state index is 6.76. The third-order valence-electron chi connectivity index (χ3n) is 10.7. The molecule has 1 aliphatic rings. The zero-order valence-corrected chi connectivity index (χ0v) is 32.1. The van der Waals surface area contributed by atoms with Crippen LogP contribution in [0.1, 0.15) is 110 Å². The highest BCUT2D eigenvalue weighted by molar-refractivity contribution is 6.09. The van der Waals surface area contributed by atoms with Gasteiger partial charge in [0.2, 0.25) is 5.90 Å². The first-order valence-corrected chi connectivity index (χ1v) is 18.2. The number of ether oxygens (including phenoxy) is 2. The summed E-state index contributed by atoms with van der Waals surface area (Å²) in [6, 6.07) is 34.4. The van der Waals surface area contributed by atoms with Crippen LogP contribution in [-0.2, 0) is 21.1 Å². The van der Waals surface area contributed by atoms with Gasteiger partial charge in [0.15, 0.2) is 0 Å². The van der Waals surface area contributed by atoms with E-state index >= 15 is 0 Å². The van der Waals surface area contributed by atoms with E-state index in [2.05, 4.69) is 172 Å². The molecule has 0 saturated carbocycles. The quantitative estimate of drug-likeness (QED) is 0.176. The van der Waals surface area contributed by atoms with Gasteiger partial charge in [-0.1, -0.05) is 91.8 Å². The van der Waals surface area contributed by atoms with Gasteiger partial charge in [0.25, 0.3) is 0 Å². The molecule has 1 aliphatic heterocycles. The van der Waals surface area contributed by atoms with Gasteiger partial charge in [0.1, 0.15) is 28.5 Å². The molecule has 0 unspecified atom stereocenters. The van der Waals surface area contributed by atoms with E-state index in [1.165, 1.54) is 21.9 Å². The van der Waals surface area contributed by atoms with Gasteiger partial charge in [-0.15, -0.1) is 0 Å². The molecular weight excluding hydrogens is 627 g/mol. The topological polar surface area (TPSA) is 48.6 Å². The van der Waals surface area contributed by atoms with Gasteiger partial charge in [-0.2, -0.15) is 0 Å². The van der Waals surface area contributed by atoms with Gasteiger partial charge in [-0.05, 0) is 114 Å². The van der Waals surface area contributed by atoms with E-state index < -0.39 is 11.1 Å². The number of rotatable bonds is 6. The molecule has 0 saturated heterocycles. The Morgan fingerprint density at radius 2 is 1.39 bits per heavy atom. The Morgan fingerprint density at radius 3 is 2.08 bits per heavy atom. The van der Waals surface area contributed by atoms with Crippen LogP contribution in [0.4, 0.5) is 0 Å². The lowest BCUT2D eigenvalue weighted by molar-refractivity contribution is 0.0519. The van der Waals surface area contributed by atoms with Crippen molar-refractivity contribution in [1.29, 1.82) is 0 Å². The van der Waals surface area contributed by atoms with E-state index in [0.29, 0.717) is 5.90 Å². The Hall–Kier alpha value is -4.90. The number of nitrogens with zero attached hydrogens (tertiary/aromatic N) is 3. The second kappa shape index (κ2) is 12.1. The zero-order chi connectivity index (χ0) is 36.5. The average molecular weight is 678 g/mol. The summed E-state index contributed by atoms with van der Waals surface area (Å²) < 4.78 is 15.7. The monoisotopic (exact) mass is 677 g/mol. The molecule has 0 fully saturated rings. The molecule has 6 aromatic rings. The Kier molecular flexibility index (Phi) is 8.20. The Labute approximate surface area is 303 Å². The van der Waals surface area contributed by atoms with Crippen LogP contribution in [0.5, 0.6) is 11.5 Å². The second-order valence-electron chi connectivity index (χ2n) is 17.2. The molecule has 1 atom stereocenters. The highest BCUT2D eigenvalue weighted by Crippen LogP contribution is 2.45. The van der Waals surface area contributed by atoms with Crippen molar-refractivity contribution in [2.75, 3.05) is 0 Å². The third kappa shape index (κ3) is 6.22. The van der Waals surface area contributed by atoms with Crippen molar-refractivity contribution in [1.82, 2.24) is 9.55 Å². The number of pyridine rings is 1. The summed E-state index contributed by atoms with van der Waals surface area (Å²) in [6.07, 6.45) is 1.92. The van der Waals surface area contributed by atoms with Gasteiger partial charge in [0, 0.05) is 28.6 Å². The van der Waals surface area contributed by atoms with Crippen LogP contribution in [0, 0.1) is 0 Å². The average Bonchev–Trinajstić information content (AvgIpc) is 3.53. The van der Waals surface area contributed by atoms with Crippen LogP contribution in [0.2, 0.25) is 0 Å². The van der Waals surface area contributed by atoms with E-state index in [0.717, 1.165) is 45.0 Å². The minimum Gasteiger partial charge on any atom is -0.468 e. The van der Waals surface area contributed by atoms with Crippen molar-refractivity contribution >= 4 is 27.7 Å². The molecule has 2 aromatic heterocycles. The minimum atomic E-state index is -0.540. The molecule has 0 amide bonds. The van der Waals surface area contributed by atoms with Crippen LogP contribution in [0.25, 0.3) is 27.6 Å². The lowest BCUT2D eigenvalue weighted by Crippen LogP contribution is -2.41. The number of fused-ring (bicyclic) bond motifs is 3. The van der Waals surface area contributed by atoms with Gasteiger partial charge in [-0.3, -0.25) is 4.57 Å². The summed E-state index contributed by atoms with van der Waals surface area (Å²) in [6.45, 7) is 24.3. The summed E-state index contributed by atoms with van der Waals surface area (Å²) in [5.74, 6) is 3.32. The van der Waals surface area contributed by atoms with Crippen molar-refractivity contribution in [3.63, 3.8) is 0 Å². The number of aromatic nitrogens is 2. The highest BCUT2D eigenvalue weighted by Gasteiger charge is 2.50. The predicted molar refractivity (Wildman–Crippen MR) is 212 cm³/mol. The van der Waals surface area contributed by atoms with Crippen molar-refractivity contribution in [2.24, 2.45) is 4.99 Å². The maximum Gasteiger partial charge on any atom is 0.217 e. The molecule has 3 heterocycles. The molecule has 5 nitrogen and oxygen atoms in total. The molecule has 0 radical (unpaired) electrons. The van der Waals surface area contributed by atoms with Crippen LogP contribution in [0.3, 0.4) is 0 Å². The molecule has 7 rings (SSSR count). The Balaban J connectivity index is 1.35. The Morgan fingerprint density at radius 1 is 0.686 bits per heavy atom. The van der Waals surface area contributed by atoms with Crippen molar-refractivity contribution < 1.29 is 9.47 Å². The fraction of sp³-hybridized carbons (Fsp3) is 0.348. The largest absolute Gasteiger partial charge is 0.468 e. The number of aliphatic imine (C=N–C) groups is 1. The lowest BCUT2D eigenvalue weighted by Gasteiger charge is -2.34. The molecule has 0 bridgehead atoms. The van der Waals surface area contributed by atoms with Gasteiger partial charge in [-0.25, -0.2) is 9.98 Å². The molecule has 262 valence electrons. The summed E-state index contributed by atoms with van der Waals surface area (Å²) in [7, 11) is 0. The normalized spacial score (nSPS) is 17.6. The Bertz CT molecular complexity index is 2300. The number of hydrogen-bond acceptors (Lipinski definition) is 4. The third-order valence-corrected chi connectivity index (χ3v) is 10.7. The highest BCUT2D eigenvalue weighted by atomic mass is 16.5. The predicted octanol–water partition coefficient (Wildman–Crippen LogP) is 12.2. The molecule has 0 spiro atoms. The maximum atomic E-state index is 6.76. The van der Waals surface area contributed by atoms with Crippen molar-refractivity contribution in [3.05, 3.63) is 131 Å². The smallest absolute Gasteiger partial charge is 0.217 e. The van der Waals surface area contributed by atoms with E-state index in [9.17, 15) is 0 Å². The van der Waals surface area contributed by atoms with Crippen LogP contribution in [0.15, 0.2) is 108 Å². The fourth-order valence-corrected chi connectivity index (χ4v) is 7.06.